The molecule has 23 heavy (non-hydrogen) atoms. The Balaban J connectivity index is 0.00000192. The van der Waals surface area contributed by atoms with Crippen molar-refractivity contribution in [3.8, 4) is 5.75 Å². The van der Waals surface area contributed by atoms with E-state index in [2.05, 4.69) is 23.1 Å². The first-order chi connectivity index (χ1) is 10.8. The quantitative estimate of drug-likeness (QED) is 0.867. The average Bonchev–Trinajstić information content (AvgIpc) is 3.20. The molecule has 2 aliphatic rings. The second kappa shape index (κ2) is 8.55. The largest absolute Gasteiger partial charge is 0.493 e. The molecule has 1 aliphatic heterocycles. The molecule has 3 rings (SSSR count). The Bertz CT molecular complexity index is 530. The topological polar surface area (TPSA) is 55.6 Å². The van der Waals surface area contributed by atoms with Crippen LogP contribution in [0.15, 0.2) is 18.2 Å². The Morgan fingerprint density at radius 2 is 2.09 bits per heavy atom. The van der Waals surface area contributed by atoms with E-state index in [1.165, 1.54) is 24.0 Å². The molecule has 0 aromatic heterocycles. The van der Waals surface area contributed by atoms with Gasteiger partial charge in [0.1, 0.15) is 5.75 Å². The molecule has 0 spiro atoms. The highest BCUT2D eigenvalue weighted by atomic mass is 35.5. The molecule has 1 amide bonds. The number of ether oxygens (including phenoxy) is 1. The number of benzene rings is 1. The predicted molar refractivity (Wildman–Crippen MR) is 94.0 cm³/mol. The van der Waals surface area contributed by atoms with Gasteiger partial charge < -0.3 is 15.4 Å². The minimum absolute atomic E-state index is 0. The van der Waals surface area contributed by atoms with Gasteiger partial charge >= 0.3 is 0 Å². The van der Waals surface area contributed by atoms with E-state index in [1.807, 2.05) is 0 Å². The molecule has 4 nitrogen and oxygen atoms in total. The summed E-state index contributed by atoms with van der Waals surface area (Å²) in [6, 6.07) is 6.77. The summed E-state index contributed by atoms with van der Waals surface area (Å²) in [6.07, 6.45) is 7.09. The standard InChI is InChI=1S/C18H26N2O2.ClH/c19-10-3-6-18(21)20(16-4-1-2-5-16)13-14-7-8-17-15(12-14)9-11-22-17;/h7-8,12,16H,1-6,9-11,13,19H2;1H. The van der Waals surface area contributed by atoms with Crippen LogP contribution in [-0.2, 0) is 17.8 Å². The molecular formula is C18H27ClN2O2. The zero-order chi connectivity index (χ0) is 15.4. The number of nitrogens with two attached hydrogens (primary N) is 1. The maximum atomic E-state index is 12.6. The van der Waals surface area contributed by atoms with E-state index >= 15 is 0 Å². The molecule has 0 radical (unpaired) electrons. The highest BCUT2D eigenvalue weighted by Gasteiger charge is 2.26. The van der Waals surface area contributed by atoms with Gasteiger partial charge in [-0.25, -0.2) is 0 Å². The summed E-state index contributed by atoms with van der Waals surface area (Å²) in [6.45, 7) is 2.09. The lowest BCUT2D eigenvalue weighted by Gasteiger charge is -2.29. The highest BCUT2D eigenvalue weighted by Crippen LogP contribution is 2.29. The molecule has 0 saturated heterocycles. The number of nitrogens with zero attached hydrogens (tertiary/aromatic N) is 1. The van der Waals surface area contributed by atoms with Crippen LogP contribution in [-0.4, -0.2) is 30.0 Å². The molecule has 2 N–H and O–H groups in total. The lowest BCUT2D eigenvalue weighted by Crippen LogP contribution is -2.38. The number of hydrogen-bond donors (Lipinski definition) is 1. The SMILES string of the molecule is Cl.NCCCC(=O)N(Cc1ccc2c(c1)CCO2)C1CCCC1. The molecule has 1 saturated carbocycles. The third kappa shape index (κ3) is 4.39. The summed E-state index contributed by atoms with van der Waals surface area (Å²) in [5.41, 5.74) is 8.06. The van der Waals surface area contributed by atoms with Crippen molar-refractivity contribution in [3.63, 3.8) is 0 Å². The van der Waals surface area contributed by atoms with E-state index in [1.54, 1.807) is 0 Å². The molecule has 1 aromatic rings. The first kappa shape index (κ1) is 18.1. The fourth-order valence-electron chi connectivity index (χ4n) is 3.57. The number of amides is 1. The monoisotopic (exact) mass is 338 g/mol. The molecule has 1 aromatic carbocycles. The number of halogens is 1. The summed E-state index contributed by atoms with van der Waals surface area (Å²) >= 11 is 0. The first-order valence-corrected chi connectivity index (χ1v) is 8.52. The third-order valence-corrected chi connectivity index (χ3v) is 4.79. The Morgan fingerprint density at radius 3 is 2.83 bits per heavy atom. The molecule has 0 unspecified atom stereocenters. The van der Waals surface area contributed by atoms with Crippen LogP contribution in [0.4, 0.5) is 0 Å². The summed E-state index contributed by atoms with van der Waals surface area (Å²) in [7, 11) is 0. The van der Waals surface area contributed by atoms with E-state index in [0.717, 1.165) is 44.6 Å². The maximum absolute atomic E-state index is 12.6. The molecule has 128 valence electrons. The molecule has 0 atom stereocenters. The zero-order valence-electron chi connectivity index (χ0n) is 13.6. The summed E-state index contributed by atoms with van der Waals surface area (Å²) in [5.74, 6) is 1.26. The lowest BCUT2D eigenvalue weighted by molar-refractivity contribution is -0.134. The molecule has 1 aliphatic carbocycles. The zero-order valence-corrected chi connectivity index (χ0v) is 14.4. The van der Waals surface area contributed by atoms with Crippen LogP contribution in [0.25, 0.3) is 0 Å². The van der Waals surface area contributed by atoms with Gasteiger partial charge in [-0.3, -0.25) is 4.79 Å². The normalized spacial score (nSPS) is 16.6. The minimum Gasteiger partial charge on any atom is -0.493 e. The fourth-order valence-corrected chi connectivity index (χ4v) is 3.57. The van der Waals surface area contributed by atoms with Crippen LogP contribution in [0.2, 0.25) is 0 Å². The Kier molecular flexibility index (Phi) is 6.72. The Labute approximate surface area is 144 Å². The van der Waals surface area contributed by atoms with E-state index in [9.17, 15) is 4.79 Å². The molecule has 0 bridgehead atoms. The van der Waals surface area contributed by atoms with E-state index in [0.29, 0.717) is 19.0 Å². The van der Waals surface area contributed by atoms with Crippen LogP contribution in [0, 0.1) is 0 Å². The number of carbonyl (C=O) groups is 1. The van der Waals surface area contributed by atoms with Gasteiger partial charge in [-0.1, -0.05) is 25.0 Å². The van der Waals surface area contributed by atoms with Gasteiger partial charge in [0.05, 0.1) is 6.61 Å². The Hall–Kier alpha value is -1.26. The van der Waals surface area contributed by atoms with Crippen LogP contribution in [0.3, 0.4) is 0 Å². The van der Waals surface area contributed by atoms with Crippen molar-refractivity contribution in [2.24, 2.45) is 5.73 Å². The van der Waals surface area contributed by atoms with E-state index in [-0.39, 0.29) is 18.3 Å². The van der Waals surface area contributed by atoms with Gasteiger partial charge in [0, 0.05) is 25.4 Å². The second-order valence-electron chi connectivity index (χ2n) is 6.39. The summed E-state index contributed by atoms with van der Waals surface area (Å²) in [5, 5.41) is 0. The van der Waals surface area contributed by atoms with Crippen molar-refractivity contribution in [1.29, 1.82) is 0 Å². The van der Waals surface area contributed by atoms with Crippen molar-refractivity contribution >= 4 is 18.3 Å². The highest BCUT2D eigenvalue weighted by molar-refractivity contribution is 5.85. The van der Waals surface area contributed by atoms with Crippen LogP contribution < -0.4 is 10.5 Å². The van der Waals surface area contributed by atoms with Crippen LogP contribution in [0.1, 0.15) is 49.7 Å². The Morgan fingerprint density at radius 1 is 1.30 bits per heavy atom. The lowest BCUT2D eigenvalue weighted by atomic mass is 10.1. The predicted octanol–water partition coefficient (Wildman–Crippen LogP) is 3.05. The number of fused-ring (bicyclic) bond motifs is 1. The van der Waals surface area contributed by atoms with E-state index < -0.39 is 0 Å². The van der Waals surface area contributed by atoms with Crippen molar-refractivity contribution in [2.75, 3.05) is 13.2 Å². The van der Waals surface area contributed by atoms with Gasteiger partial charge in [0.25, 0.3) is 0 Å². The van der Waals surface area contributed by atoms with Gasteiger partial charge in [0.2, 0.25) is 5.91 Å². The van der Waals surface area contributed by atoms with Crippen molar-refractivity contribution in [2.45, 2.75) is 57.5 Å². The minimum atomic E-state index is 0. The van der Waals surface area contributed by atoms with Crippen molar-refractivity contribution < 1.29 is 9.53 Å². The molecule has 1 fully saturated rings. The second-order valence-corrected chi connectivity index (χ2v) is 6.39. The van der Waals surface area contributed by atoms with Crippen LogP contribution >= 0.6 is 12.4 Å². The summed E-state index contributed by atoms with van der Waals surface area (Å²) < 4.78 is 5.56. The van der Waals surface area contributed by atoms with Gasteiger partial charge in [0.15, 0.2) is 0 Å². The fraction of sp³-hybridized carbons (Fsp3) is 0.611. The maximum Gasteiger partial charge on any atom is 0.223 e. The molecular weight excluding hydrogens is 312 g/mol. The number of carbonyl (C=O) groups excluding carboxylic acids is 1. The van der Waals surface area contributed by atoms with Crippen molar-refractivity contribution in [3.05, 3.63) is 29.3 Å². The third-order valence-electron chi connectivity index (χ3n) is 4.79. The van der Waals surface area contributed by atoms with Gasteiger partial charge in [-0.05, 0) is 43.0 Å². The molecule has 1 heterocycles. The van der Waals surface area contributed by atoms with Crippen LogP contribution in [0.5, 0.6) is 5.75 Å². The number of rotatable bonds is 6. The van der Waals surface area contributed by atoms with Crippen molar-refractivity contribution in [1.82, 2.24) is 4.90 Å². The van der Waals surface area contributed by atoms with Gasteiger partial charge in [-0.2, -0.15) is 0 Å². The number of hydrogen-bond acceptors (Lipinski definition) is 3. The average molecular weight is 339 g/mol. The van der Waals surface area contributed by atoms with Gasteiger partial charge in [-0.15, -0.1) is 12.4 Å². The summed E-state index contributed by atoms with van der Waals surface area (Å²) in [4.78, 5) is 14.7. The van der Waals surface area contributed by atoms with E-state index in [4.69, 9.17) is 10.5 Å². The first-order valence-electron chi connectivity index (χ1n) is 8.52. The smallest absolute Gasteiger partial charge is 0.223 e. The molecule has 5 heteroatoms.